The summed E-state index contributed by atoms with van der Waals surface area (Å²) in [4.78, 5) is 46.3. The number of amides is 3. The third-order valence-corrected chi connectivity index (χ3v) is 6.77. The molecule has 3 amide bonds. The minimum atomic E-state index is -0.871. The summed E-state index contributed by atoms with van der Waals surface area (Å²) in [6.07, 6.45) is 3.13. The van der Waals surface area contributed by atoms with E-state index in [0.717, 1.165) is 16.8 Å². The van der Waals surface area contributed by atoms with Crippen LogP contribution >= 0.6 is 0 Å². The lowest BCUT2D eigenvalue weighted by Crippen LogP contribution is -2.55. The van der Waals surface area contributed by atoms with E-state index < -0.39 is 23.8 Å². The van der Waals surface area contributed by atoms with Gasteiger partial charge in [0, 0.05) is 31.3 Å². The second-order valence-corrected chi connectivity index (χ2v) is 11.1. The van der Waals surface area contributed by atoms with Gasteiger partial charge < -0.3 is 20.3 Å². The smallest absolute Gasteiger partial charge is 0.408 e. The number of benzene rings is 2. The molecule has 40 heavy (non-hydrogen) atoms. The molecule has 1 aromatic heterocycles. The molecule has 3 aromatic rings. The molecule has 2 aromatic carbocycles. The van der Waals surface area contributed by atoms with E-state index in [9.17, 15) is 14.4 Å². The molecular weight excluding hydrogens is 504 g/mol. The van der Waals surface area contributed by atoms with Crippen LogP contribution in [0.15, 0.2) is 85.1 Å². The molecule has 0 aliphatic carbocycles. The highest BCUT2D eigenvalue weighted by molar-refractivity contribution is 5.92. The Balaban J connectivity index is 1.52. The van der Waals surface area contributed by atoms with Crippen LogP contribution < -0.4 is 10.6 Å². The van der Waals surface area contributed by atoms with Crippen molar-refractivity contribution in [3.63, 3.8) is 0 Å². The predicted octanol–water partition coefficient (Wildman–Crippen LogP) is 4.61. The summed E-state index contributed by atoms with van der Waals surface area (Å²) in [5.74, 6) is -0.514. The van der Waals surface area contributed by atoms with Crippen molar-refractivity contribution in [3.8, 4) is 0 Å². The van der Waals surface area contributed by atoms with Crippen molar-refractivity contribution in [1.82, 2.24) is 20.5 Å². The summed E-state index contributed by atoms with van der Waals surface area (Å²) in [6, 6.07) is 23.2. The normalized spacial score (nSPS) is 16.6. The van der Waals surface area contributed by atoms with E-state index in [2.05, 4.69) is 15.6 Å². The van der Waals surface area contributed by atoms with Gasteiger partial charge in [0.25, 0.3) is 0 Å². The molecule has 1 aliphatic heterocycles. The number of alkyl carbamates (subject to hydrolysis) is 1. The summed E-state index contributed by atoms with van der Waals surface area (Å²) in [5.41, 5.74) is 2.02. The second kappa shape index (κ2) is 13.2. The summed E-state index contributed by atoms with van der Waals surface area (Å²) < 4.78 is 5.45. The van der Waals surface area contributed by atoms with Crippen LogP contribution in [0.5, 0.6) is 0 Å². The Morgan fingerprint density at radius 1 is 0.925 bits per heavy atom. The van der Waals surface area contributed by atoms with Crippen molar-refractivity contribution in [2.45, 2.75) is 70.2 Å². The third-order valence-electron chi connectivity index (χ3n) is 6.77. The van der Waals surface area contributed by atoms with Crippen LogP contribution in [0.2, 0.25) is 0 Å². The summed E-state index contributed by atoms with van der Waals surface area (Å²) in [5, 5.41) is 5.95. The summed E-state index contributed by atoms with van der Waals surface area (Å²) in [7, 11) is 0. The largest absolute Gasteiger partial charge is 0.444 e. The second-order valence-electron chi connectivity index (χ2n) is 11.1. The van der Waals surface area contributed by atoms with Gasteiger partial charge >= 0.3 is 6.09 Å². The fraction of sp³-hybridized carbons (Fsp3) is 0.375. The van der Waals surface area contributed by atoms with Crippen LogP contribution in [0.25, 0.3) is 0 Å². The highest BCUT2D eigenvalue weighted by atomic mass is 16.6. The van der Waals surface area contributed by atoms with E-state index in [1.165, 1.54) is 0 Å². The van der Waals surface area contributed by atoms with Gasteiger partial charge in [0.05, 0.1) is 6.04 Å². The molecule has 1 fully saturated rings. The molecule has 0 radical (unpaired) electrons. The Hall–Kier alpha value is -4.20. The zero-order valence-corrected chi connectivity index (χ0v) is 23.4. The van der Waals surface area contributed by atoms with Crippen molar-refractivity contribution in [2.75, 3.05) is 6.54 Å². The van der Waals surface area contributed by atoms with Gasteiger partial charge in [-0.25, -0.2) is 4.79 Å². The van der Waals surface area contributed by atoms with Gasteiger partial charge in [0.2, 0.25) is 11.8 Å². The van der Waals surface area contributed by atoms with Crippen LogP contribution in [0.4, 0.5) is 4.79 Å². The summed E-state index contributed by atoms with van der Waals surface area (Å²) in [6.45, 7) is 5.76. The van der Waals surface area contributed by atoms with Crippen LogP contribution in [0, 0.1) is 0 Å². The number of pyridine rings is 1. The first-order valence-electron chi connectivity index (χ1n) is 13.8. The lowest BCUT2D eigenvalue weighted by Gasteiger charge is -2.30. The fourth-order valence-corrected chi connectivity index (χ4v) is 4.94. The van der Waals surface area contributed by atoms with E-state index in [1.54, 1.807) is 31.9 Å². The average molecular weight is 543 g/mol. The first-order valence-corrected chi connectivity index (χ1v) is 13.8. The first kappa shape index (κ1) is 28.8. The number of carbonyl (C=O) groups excluding carboxylic acids is 3. The Morgan fingerprint density at radius 3 is 2.25 bits per heavy atom. The maximum Gasteiger partial charge on any atom is 0.408 e. The molecule has 3 atom stereocenters. The van der Waals surface area contributed by atoms with Crippen LogP contribution in [-0.2, 0) is 27.2 Å². The molecule has 1 aliphatic rings. The lowest BCUT2D eigenvalue weighted by atomic mass is 10.0. The maximum absolute atomic E-state index is 13.9. The number of rotatable bonds is 9. The van der Waals surface area contributed by atoms with Gasteiger partial charge in [-0.1, -0.05) is 66.7 Å². The van der Waals surface area contributed by atoms with Crippen molar-refractivity contribution in [1.29, 1.82) is 0 Å². The van der Waals surface area contributed by atoms with Crippen molar-refractivity contribution in [2.24, 2.45) is 0 Å². The number of aromatic nitrogens is 1. The number of nitrogens with zero attached hydrogens (tertiary/aromatic N) is 2. The molecule has 2 N–H and O–H groups in total. The monoisotopic (exact) mass is 542 g/mol. The van der Waals surface area contributed by atoms with Crippen molar-refractivity contribution < 1.29 is 19.1 Å². The third kappa shape index (κ3) is 8.15. The maximum atomic E-state index is 13.9. The molecule has 0 spiro atoms. The van der Waals surface area contributed by atoms with Gasteiger partial charge in [0.15, 0.2) is 0 Å². The SMILES string of the molecule is CC(C)(C)OC(=O)N[C@@H](Cc1ccccc1)C(=O)N1CCCC1C(=O)NC(Cc1ccccn1)c1ccccc1. The molecule has 210 valence electrons. The molecule has 0 bridgehead atoms. The Kier molecular flexibility index (Phi) is 9.53. The van der Waals surface area contributed by atoms with Crippen LogP contribution in [0.1, 0.15) is 56.5 Å². The van der Waals surface area contributed by atoms with E-state index in [4.69, 9.17) is 4.74 Å². The van der Waals surface area contributed by atoms with Gasteiger partial charge in [-0.2, -0.15) is 0 Å². The molecule has 4 rings (SSSR count). The standard InChI is InChI=1S/C32H38N4O4/c1-32(2,3)40-31(39)35-27(21-23-13-6-4-7-14-23)30(38)36-20-12-18-28(36)29(37)34-26(24-15-8-5-9-16-24)22-25-17-10-11-19-33-25/h4-11,13-17,19,26-28H,12,18,20-22H2,1-3H3,(H,34,37)(H,35,39)/t26?,27-,28?/m0/s1. The fourth-order valence-electron chi connectivity index (χ4n) is 4.94. The van der Waals surface area contributed by atoms with Gasteiger partial charge in [-0.15, -0.1) is 0 Å². The quantitative estimate of drug-likeness (QED) is 0.411. The minimum absolute atomic E-state index is 0.216. The Morgan fingerprint density at radius 2 is 1.60 bits per heavy atom. The highest BCUT2D eigenvalue weighted by Gasteiger charge is 2.39. The molecule has 0 saturated carbocycles. The Bertz CT molecular complexity index is 1260. The molecule has 2 heterocycles. The van der Waals surface area contributed by atoms with Crippen LogP contribution in [0.3, 0.4) is 0 Å². The zero-order chi connectivity index (χ0) is 28.5. The zero-order valence-electron chi connectivity index (χ0n) is 23.4. The average Bonchev–Trinajstić information content (AvgIpc) is 3.43. The molecular formula is C32H38N4O4. The van der Waals surface area contributed by atoms with Crippen molar-refractivity contribution >= 4 is 17.9 Å². The predicted molar refractivity (Wildman–Crippen MR) is 153 cm³/mol. The molecule has 8 heteroatoms. The minimum Gasteiger partial charge on any atom is -0.444 e. The van der Waals surface area contributed by atoms with Gasteiger partial charge in [-0.05, 0) is 56.9 Å². The number of nitrogens with one attached hydrogen (secondary N) is 2. The van der Waals surface area contributed by atoms with Crippen LogP contribution in [-0.4, -0.2) is 52.0 Å². The lowest BCUT2D eigenvalue weighted by molar-refractivity contribution is -0.140. The van der Waals surface area contributed by atoms with E-state index in [0.29, 0.717) is 25.8 Å². The van der Waals surface area contributed by atoms with Gasteiger partial charge in [-0.3, -0.25) is 14.6 Å². The molecule has 8 nitrogen and oxygen atoms in total. The highest BCUT2D eigenvalue weighted by Crippen LogP contribution is 2.23. The topological polar surface area (TPSA) is 101 Å². The van der Waals surface area contributed by atoms with E-state index in [-0.39, 0.29) is 24.3 Å². The summed E-state index contributed by atoms with van der Waals surface area (Å²) >= 11 is 0. The van der Waals surface area contributed by atoms with E-state index >= 15 is 0 Å². The number of ether oxygens (including phenoxy) is 1. The van der Waals surface area contributed by atoms with Gasteiger partial charge in [0.1, 0.15) is 17.7 Å². The first-order chi connectivity index (χ1) is 19.2. The van der Waals surface area contributed by atoms with Crippen molar-refractivity contribution in [3.05, 3.63) is 102 Å². The molecule has 1 saturated heterocycles. The van der Waals surface area contributed by atoms with E-state index in [1.807, 2.05) is 78.9 Å². The number of hydrogen-bond donors (Lipinski definition) is 2. The Labute approximate surface area is 236 Å². The number of carbonyl (C=O) groups is 3. The number of likely N-dealkylation sites (tertiary alicyclic amines) is 1. The molecule has 2 unspecified atom stereocenters. The number of hydrogen-bond acceptors (Lipinski definition) is 5.